The van der Waals surface area contributed by atoms with E-state index in [2.05, 4.69) is 0 Å². The lowest BCUT2D eigenvalue weighted by molar-refractivity contribution is 0.104. The number of benzene rings is 1. The highest BCUT2D eigenvalue weighted by molar-refractivity contribution is 7.12. The molecule has 3 rings (SSSR count). The molecule has 1 amide bonds. The zero-order valence-corrected chi connectivity index (χ0v) is 12.4. The zero-order chi connectivity index (χ0) is 15.9. The van der Waals surface area contributed by atoms with Gasteiger partial charge in [-0.3, -0.25) is 4.79 Å². The number of nitrogens with zero attached hydrogens (tertiary/aromatic N) is 1. The molecule has 1 aromatic carbocycles. The minimum atomic E-state index is -0.846. The standard InChI is InChI=1S/C14H8ClFN2O3S/c15-17-14(21)18-9-4-3-7(16)6-8(9)11(13(18)20)12(19)10-2-1-5-22-10/h1-6,20H,(H,17,21). The third-order valence-corrected chi connectivity index (χ3v) is 4.19. The first-order chi connectivity index (χ1) is 10.5. The second-order valence-corrected chi connectivity index (χ2v) is 5.54. The molecule has 2 N–H and O–H groups in total. The number of fused-ring (bicyclic) bond motifs is 1. The third kappa shape index (κ3) is 2.15. The summed E-state index contributed by atoms with van der Waals surface area (Å²) in [6, 6.07) is 5.92. The normalized spacial score (nSPS) is 10.8. The number of hydrogen-bond acceptors (Lipinski definition) is 4. The van der Waals surface area contributed by atoms with Crippen LogP contribution in [0.3, 0.4) is 0 Å². The van der Waals surface area contributed by atoms with Gasteiger partial charge in [0.05, 0.1) is 16.0 Å². The average Bonchev–Trinajstić information content (AvgIpc) is 3.11. The molecule has 8 heteroatoms. The van der Waals surface area contributed by atoms with Gasteiger partial charge in [0.15, 0.2) is 0 Å². The number of carbonyl (C=O) groups is 2. The minimum absolute atomic E-state index is 0.135. The molecule has 0 fully saturated rings. The SMILES string of the molecule is O=C(c1cccs1)c1c(O)n(C(=O)NCl)c2ccc(F)cc12. The van der Waals surface area contributed by atoms with Crippen LogP contribution in [0.4, 0.5) is 9.18 Å². The van der Waals surface area contributed by atoms with E-state index < -0.39 is 23.5 Å². The summed E-state index contributed by atoms with van der Waals surface area (Å²) in [5.74, 6) is -1.67. The van der Waals surface area contributed by atoms with E-state index in [0.717, 1.165) is 16.7 Å². The van der Waals surface area contributed by atoms with Crippen molar-refractivity contribution < 1.29 is 19.1 Å². The zero-order valence-electron chi connectivity index (χ0n) is 10.8. The van der Waals surface area contributed by atoms with Crippen molar-refractivity contribution in [1.29, 1.82) is 0 Å². The van der Waals surface area contributed by atoms with Crippen LogP contribution in [0.2, 0.25) is 0 Å². The van der Waals surface area contributed by atoms with Crippen LogP contribution >= 0.6 is 23.1 Å². The van der Waals surface area contributed by atoms with Gasteiger partial charge in [-0.1, -0.05) is 6.07 Å². The summed E-state index contributed by atoms with van der Waals surface area (Å²) in [7, 11) is 0. The fourth-order valence-electron chi connectivity index (χ4n) is 2.25. The van der Waals surface area contributed by atoms with Crippen LogP contribution in [0, 0.1) is 5.82 Å². The maximum absolute atomic E-state index is 13.5. The maximum Gasteiger partial charge on any atom is 0.343 e. The Kier molecular flexibility index (Phi) is 3.59. The topological polar surface area (TPSA) is 71.3 Å². The number of nitrogens with one attached hydrogen (secondary N) is 1. The van der Waals surface area contributed by atoms with Gasteiger partial charge >= 0.3 is 6.03 Å². The largest absolute Gasteiger partial charge is 0.494 e. The molecular weight excluding hydrogens is 331 g/mol. The van der Waals surface area contributed by atoms with E-state index in [1.807, 2.05) is 4.84 Å². The third-order valence-electron chi connectivity index (χ3n) is 3.16. The van der Waals surface area contributed by atoms with E-state index in [0.29, 0.717) is 4.88 Å². The Morgan fingerprint density at radius 1 is 1.32 bits per heavy atom. The fourth-order valence-corrected chi connectivity index (χ4v) is 3.01. The molecule has 112 valence electrons. The summed E-state index contributed by atoms with van der Waals surface area (Å²) in [5.41, 5.74) is 0.0363. The fraction of sp³-hybridized carbons (Fsp3) is 0. The smallest absolute Gasteiger partial charge is 0.343 e. The number of halogens is 2. The lowest BCUT2D eigenvalue weighted by atomic mass is 10.1. The van der Waals surface area contributed by atoms with Crippen molar-refractivity contribution in [2.75, 3.05) is 0 Å². The van der Waals surface area contributed by atoms with Crippen LogP contribution in [0.5, 0.6) is 5.88 Å². The first kappa shape index (κ1) is 14.6. The number of aromatic hydroxyl groups is 1. The van der Waals surface area contributed by atoms with Crippen LogP contribution in [-0.2, 0) is 0 Å². The molecule has 0 aliphatic heterocycles. The lowest BCUT2D eigenvalue weighted by Gasteiger charge is -2.02. The van der Waals surface area contributed by atoms with Gasteiger partial charge in [-0.05, 0) is 29.6 Å². The van der Waals surface area contributed by atoms with Crippen molar-refractivity contribution in [1.82, 2.24) is 9.40 Å². The molecule has 22 heavy (non-hydrogen) atoms. The summed E-state index contributed by atoms with van der Waals surface area (Å²) in [5, 5.41) is 12.1. The number of rotatable bonds is 2. The van der Waals surface area contributed by atoms with Crippen molar-refractivity contribution >= 4 is 45.8 Å². The number of carbonyl (C=O) groups excluding carboxylic acids is 2. The van der Waals surface area contributed by atoms with Crippen LogP contribution < -0.4 is 4.84 Å². The van der Waals surface area contributed by atoms with Gasteiger partial charge in [-0.2, -0.15) is 0 Å². The van der Waals surface area contributed by atoms with Gasteiger partial charge in [0.1, 0.15) is 5.82 Å². The van der Waals surface area contributed by atoms with Gasteiger partial charge in [0.25, 0.3) is 0 Å². The highest BCUT2D eigenvalue weighted by Gasteiger charge is 2.27. The predicted octanol–water partition coefficient (Wildman–Crippen LogP) is 3.49. The summed E-state index contributed by atoms with van der Waals surface area (Å²) in [4.78, 5) is 26.6. The summed E-state index contributed by atoms with van der Waals surface area (Å²) < 4.78 is 14.3. The van der Waals surface area contributed by atoms with Gasteiger partial charge < -0.3 is 5.11 Å². The molecule has 0 bridgehead atoms. The Labute approximate surface area is 132 Å². The van der Waals surface area contributed by atoms with Crippen molar-refractivity contribution in [3.05, 3.63) is 52.0 Å². The molecule has 2 heterocycles. The monoisotopic (exact) mass is 338 g/mol. The molecule has 0 aliphatic carbocycles. The van der Waals surface area contributed by atoms with Crippen LogP contribution in [-0.4, -0.2) is 21.5 Å². The molecule has 2 aromatic heterocycles. The molecule has 0 saturated heterocycles. The second-order valence-electron chi connectivity index (χ2n) is 4.40. The molecular formula is C14H8ClFN2O3S. The van der Waals surface area contributed by atoms with E-state index >= 15 is 0 Å². The van der Waals surface area contributed by atoms with Crippen molar-refractivity contribution in [2.24, 2.45) is 0 Å². The van der Waals surface area contributed by atoms with Gasteiger partial charge in [-0.25, -0.2) is 18.6 Å². The molecule has 0 unspecified atom stereocenters. The molecule has 0 saturated carbocycles. The van der Waals surface area contributed by atoms with Crippen LogP contribution in [0.25, 0.3) is 10.9 Å². The van der Waals surface area contributed by atoms with E-state index in [1.165, 1.54) is 17.4 Å². The highest BCUT2D eigenvalue weighted by atomic mass is 35.5. The van der Waals surface area contributed by atoms with Crippen molar-refractivity contribution in [3.63, 3.8) is 0 Å². The van der Waals surface area contributed by atoms with E-state index in [4.69, 9.17) is 11.8 Å². The number of amides is 1. The van der Waals surface area contributed by atoms with Gasteiger partial charge in [0, 0.05) is 17.2 Å². The second kappa shape index (κ2) is 5.43. The molecule has 0 aliphatic rings. The van der Waals surface area contributed by atoms with Gasteiger partial charge in [-0.15, -0.1) is 11.3 Å². The predicted molar refractivity (Wildman–Crippen MR) is 81.1 cm³/mol. The molecule has 0 atom stereocenters. The number of thiophene rings is 1. The van der Waals surface area contributed by atoms with Gasteiger partial charge in [0.2, 0.25) is 11.7 Å². The number of ketones is 1. The molecule has 0 spiro atoms. The van der Waals surface area contributed by atoms with Crippen molar-refractivity contribution in [3.8, 4) is 5.88 Å². The van der Waals surface area contributed by atoms with Crippen molar-refractivity contribution in [2.45, 2.75) is 0 Å². The Balaban J connectivity index is 2.34. The summed E-state index contributed by atoms with van der Waals surface area (Å²) >= 11 is 6.47. The van der Waals surface area contributed by atoms with E-state index in [-0.39, 0.29) is 16.5 Å². The van der Waals surface area contributed by atoms with Crippen LogP contribution in [0.1, 0.15) is 15.2 Å². The number of hydrogen-bond donors (Lipinski definition) is 2. The Hall–Kier alpha value is -2.38. The Morgan fingerprint density at radius 3 is 2.73 bits per heavy atom. The molecule has 3 aromatic rings. The average molecular weight is 339 g/mol. The minimum Gasteiger partial charge on any atom is -0.494 e. The molecule has 0 radical (unpaired) electrons. The Morgan fingerprint density at radius 2 is 2.09 bits per heavy atom. The summed E-state index contributed by atoms with van der Waals surface area (Å²) in [6.45, 7) is 0. The Bertz CT molecular complexity index is 889. The first-order valence-corrected chi connectivity index (χ1v) is 7.32. The van der Waals surface area contributed by atoms with E-state index in [9.17, 15) is 19.1 Å². The lowest BCUT2D eigenvalue weighted by Crippen LogP contribution is -2.19. The maximum atomic E-state index is 13.5. The highest BCUT2D eigenvalue weighted by Crippen LogP contribution is 2.34. The van der Waals surface area contributed by atoms with E-state index in [1.54, 1.807) is 17.5 Å². The quantitative estimate of drug-likeness (QED) is 0.555. The first-order valence-electron chi connectivity index (χ1n) is 6.06. The van der Waals surface area contributed by atoms with Crippen LogP contribution in [0.15, 0.2) is 35.7 Å². The number of aromatic nitrogens is 1. The summed E-state index contributed by atoms with van der Waals surface area (Å²) in [6.07, 6.45) is 0. The molecule has 5 nitrogen and oxygen atoms in total.